The minimum atomic E-state index is -5.18. The molecule has 15 heteroatoms. The third-order valence-electron chi connectivity index (χ3n) is 4.26. The van der Waals surface area contributed by atoms with Crippen LogP contribution in [-0.2, 0) is 27.0 Å². The predicted octanol–water partition coefficient (Wildman–Crippen LogP) is 3.80. The number of hydrogen-bond donors (Lipinski definition) is 2. The number of nitro groups is 1. The normalized spacial score (nSPS) is 14.4. The van der Waals surface area contributed by atoms with E-state index in [0.29, 0.717) is 31.2 Å². The fourth-order valence-electron chi connectivity index (χ4n) is 2.73. The maximum Gasteiger partial charge on any atom is 0.418 e. The zero-order valence-electron chi connectivity index (χ0n) is 16.4. The van der Waals surface area contributed by atoms with E-state index in [9.17, 15) is 54.8 Å². The van der Waals surface area contributed by atoms with Gasteiger partial charge in [0.1, 0.15) is 0 Å². The highest BCUT2D eigenvalue weighted by molar-refractivity contribution is 7.91. The van der Waals surface area contributed by atoms with Crippen molar-refractivity contribution in [1.82, 2.24) is 0 Å². The number of sulfone groups is 1. The maximum atomic E-state index is 13.2. The lowest BCUT2D eigenvalue weighted by Crippen LogP contribution is -2.46. The molecule has 0 aliphatic rings. The second-order valence-electron chi connectivity index (χ2n) is 6.97. The van der Waals surface area contributed by atoms with Gasteiger partial charge < -0.3 is 10.4 Å². The predicted molar refractivity (Wildman–Crippen MR) is 101 cm³/mol. The molecule has 0 saturated carbocycles. The first-order chi connectivity index (χ1) is 14.9. The quantitative estimate of drug-likeness (QED) is 0.353. The Kier molecular flexibility index (Phi) is 6.81. The summed E-state index contributed by atoms with van der Waals surface area (Å²) in [5, 5.41) is 22.7. The monoisotopic (exact) mass is 500 g/mol. The van der Waals surface area contributed by atoms with Gasteiger partial charge in [0.25, 0.3) is 11.6 Å². The number of nitro benzene ring substituents is 1. The zero-order valence-corrected chi connectivity index (χ0v) is 17.2. The smallest absolute Gasteiger partial charge is 0.379 e. The molecule has 1 unspecified atom stereocenters. The summed E-state index contributed by atoms with van der Waals surface area (Å²) in [5.74, 6) is -3.30. The van der Waals surface area contributed by atoms with Crippen molar-refractivity contribution in [3.05, 3.63) is 63.7 Å². The molecule has 0 fully saturated rings. The molecule has 2 aromatic rings. The van der Waals surface area contributed by atoms with E-state index in [1.807, 2.05) is 0 Å². The van der Waals surface area contributed by atoms with Gasteiger partial charge in [0.05, 0.1) is 32.4 Å². The number of benzene rings is 2. The van der Waals surface area contributed by atoms with Gasteiger partial charge in [0.2, 0.25) is 0 Å². The average molecular weight is 500 g/mol. The lowest BCUT2D eigenvalue weighted by atomic mass is 10.1. The maximum absolute atomic E-state index is 13.2. The van der Waals surface area contributed by atoms with Crippen molar-refractivity contribution in [3.63, 3.8) is 0 Å². The summed E-state index contributed by atoms with van der Waals surface area (Å²) in [6.45, 7) is 0.578. The van der Waals surface area contributed by atoms with Gasteiger partial charge >= 0.3 is 12.4 Å². The minimum absolute atomic E-state index is 0.112. The molecule has 0 aliphatic heterocycles. The first kappa shape index (κ1) is 26.1. The van der Waals surface area contributed by atoms with Gasteiger partial charge in [-0.3, -0.25) is 14.9 Å². The molecule has 1 amide bonds. The topological polar surface area (TPSA) is 127 Å². The van der Waals surface area contributed by atoms with E-state index in [-0.39, 0.29) is 6.07 Å². The molecule has 0 aliphatic carbocycles. The third-order valence-corrected chi connectivity index (χ3v) is 6.22. The van der Waals surface area contributed by atoms with Gasteiger partial charge in [-0.15, -0.1) is 0 Å². The van der Waals surface area contributed by atoms with Crippen LogP contribution in [0.4, 0.5) is 37.7 Å². The number of rotatable bonds is 6. The molecule has 8 nitrogen and oxygen atoms in total. The van der Waals surface area contributed by atoms with E-state index < -0.39 is 71.8 Å². The standard InChI is InChI=1S/C18H14F6N2O6S/c1-16(28,9-33(31,32)14-5-3-2-4-11(14)17(19,20)21)15(27)25-13-7-6-10(26(29)30)8-12(13)18(22,23)24/h2-8,28H,9H2,1H3,(H,25,27). The van der Waals surface area contributed by atoms with E-state index in [2.05, 4.69) is 0 Å². The molecule has 2 aromatic carbocycles. The fourth-order valence-corrected chi connectivity index (χ4v) is 4.56. The Morgan fingerprint density at radius 3 is 2.09 bits per heavy atom. The van der Waals surface area contributed by atoms with Crippen molar-refractivity contribution in [2.24, 2.45) is 0 Å². The van der Waals surface area contributed by atoms with Gasteiger partial charge in [-0.1, -0.05) is 12.1 Å². The van der Waals surface area contributed by atoms with Crippen LogP contribution >= 0.6 is 0 Å². The number of amides is 1. The highest BCUT2D eigenvalue weighted by Gasteiger charge is 2.43. The van der Waals surface area contributed by atoms with Crippen LogP contribution in [0.3, 0.4) is 0 Å². The molecule has 2 rings (SSSR count). The first-order valence-corrected chi connectivity index (χ1v) is 10.3. The first-order valence-electron chi connectivity index (χ1n) is 8.65. The van der Waals surface area contributed by atoms with Crippen LogP contribution in [-0.4, -0.2) is 35.7 Å². The highest BCUT2D eigenvalue weighted by Crippen LogP contribution is 2.38. The van der Waals surface area contributed by atoms with E-state index in [0.717, 1.165) is 12.1 Å². The van der Waals surface area contributed by atoms with E-state index in [1.54, 1.807) is 5.32 Å². The van der Waals surface area contributed by atoms with Crippen molar-refractivity contribution in [3.8, 4) is 0 Å². The number of carbonyl (C=O) groups is 1. The lowest BCUT2D eigenvalue weighted by Gasteiger charge is -2.24. The summed E-state index contributed by atoms with van der Waals surface area (Å²) < 4.78 is 104. The molecular formula is C18H14F6N2O6S. The fraction of sp³-hybridized carbons (Fsp3) is 0.278. The summed E-state index contributed by atoms with van der Waals surface area (Å²) in [6, 6.07) is 4.21. The number of halogens is 6. The van der Waals surface area contributed by atoms with Crippen LogP contribution in [0.2, 0.25) is 0 Å². The van der Waals surface area contributed by atoms with Crippen molar-refractivity contribution in [1.29, 1.82) is 0 Å². The Labute approximate surface area is 181 Å². The molecule has 0 radical (unpaired) electrons. The number of non-ortho nitro benzene ring substituents is 1. The van der Waals surface area contributed by atoms with Crippen LogP contribution in [0.15, 0.2) is 47.4 Å². The van der Waals surface area contributed by atoms with Gasteiger partial charge in [-0.05, 0) is 25.1 Å². The van der Waals surface area contributed by atoms with Gasteiger partial charge in [0.15, 0.2) is 15.4 Å². The highest BCUT2D eigenvalue weighted by atomic mass is 32.2. The Balaban J connectivity index is 2.40. The Morgan fingerprint density at radius 1 is 1.03 bits per heavy atom. The summed E-state index contributed by atoms with van der Waals surface area (Å²) in [5.41, 5.74) is -8.20. The molecule has 33 heavy (non-hydrogen) atoms. The minimum Gasteiger partial charge on any atom is -0.379 e. The molecule has 0 bridgehead atoms. The third kappa shape index (κ3) is 5.98. The number of carbonyl (C=O) groups excluding carboxylic acids is 1. The second kappa shape index (κ2) is 8.62. The lowest BCUT2D eigenvalue weighted by molar-refractivity contribution is -0.385. The zero-order chi connectivity index (χ0) is 25.4. The van der Waals surface area contributed by atoms with Crippen molar-refractivity contribution >= 4 is 27.1 Å². The SMILES string of the molecule is CC(O)(CS(=O)(=O)c1ccccc1C(F)(F)F)C(=O)Nc1ccc([N+](=O)[O-])cc1C(F)(F)F. The number of nitrogens with zero attached hydrogens (tertiary/aromatic N) is 1. The molecular weight excluding hydrogens is 486 g/mol. The van der Waals surface area contributed by atoms with E-state index in [1.165, 1.54) is 0 Å². The van der Waals surface area contributed by atoms with Crippen LogP contribution < -0.4 is 5.32 Å². The van der Waals surface area contributed by atoms with E-state index in [4.69, 9.17) is 0 Å². The summed E-state index contributed by atoms with van der Waals surface area (Å²) in [7, 11) is -4.97. The second-order valence-corrected chi connectivity index (χ2v) is 8.92. The molecule has 0 heterocycles. The number of nitrogens with one attached hydrogen (secondary N) is 1. The largest absolute Gasteiger partial charge is 0.418 e. The summed E-state index contributed by atoms with van der Waals surface area (Å²) in [4.78, 5) is 20.7. The molecule has 0 spiro atoms. The van der Waals surface area contributed by atoms with Crippen molar-refractivity contribution in [2.45, 2.75) is 29.8 Å². The molecule has 1 atom stereocenters. The van der Waals surface area contributed by atoms with E-state index >= 15 is 0 Å². The summed E-state index contributed by atoms with van der Waals surface area (Å²) in [6.07, 6.45) is -10.3. The van der Waals surface area contributed by atoms with Crippen LogP contribution in [0, 0.1) is 10.1 Å². The number of aliphatic hydroxyl groups is 1. The molecule has 0 saturated heterocycles. The molecule has 180 valence electrons. The van der Waals surface area contributed by atoms with Gasteiger partial charge in [-0.25, -0.2) is 8.42 Å². The van der Waals surface area contributed by atoms with Crippen molar-refractivity contribution in [2.75, 3.05) is 11.1 Å². The Hall–Kier alpha value is -3.20. The average Bonchev–Trinajstić information content (AvgIpc) is 2.65. The molecule has 0 aromatic heterocycles. The van der Waals surface area contributed by atoms with Crippen LogP contribution in [0.25, 0.3) is 0 Å². The number of anilines is 1. The van der Waals surface area contributed by atoms with Gasteiger partial charge in [-0.2, -0.15) is 26.3 Å². The Morgan fingerprint density at radius 2 is 1.58 bits per heavy atom. The Bertz CT molecular complexity index is 1190. The van der Waals surface area contributed by atoms with Crippen LogP contribution in [0.5, 0.6) is 0 Å². The van der Waals surface area contributed by atoms with Crippen LogP contribution in [0.1, 0.15) is 18.1 Å². The summed E-state index contributed by atoms with van der Waals surface area (Å²) >= 11 is 0. The number of hydrogen-bond acceptors (Lipinski definition) is 6. The molecule has 2 N–H and O–H groups in total. The van der Waals surface area contributed by atoms with Gasteiger partial charge in [0, 0.05) is 12.1 Å². The van der Waals surface area contributed by atoms with Crippen molar-refractivity contribution < 1.29 is 49.6 Å². The number of alkyl halides is 6.